The highest BCUT2D eigenvalue weighted by Gasteiger charge is 2.23. The summed E-state index contributed by atoms with van der Waals surface area (Å²) in [6.07, 6.45) is 4.32. The van der Waals surface area contributed by atoms with Crippen LogP contribution in [0.2, 0.25) is 0 Å². The third-order valence-electron chi connectivity index (χ3n) is 5.51. The molecule has 1 aromatic carbocycles. The Labute approximate surface area is 171 Å². The molecule has 0 radical (unpaired) electrons. The Hall–Kier alpha value is -1.79. The first-order chi connectivity index (χ1) is 13.4. The number of amides is 2. The maximum atomic E-state index is 13.0. The Bertz CT molecular complexity index is 696. The molecular weight excluding hydrogens is 378 g/mol. The lowest BCUT2D eigenvalue weighted by molar-refractivity contribution is -0.115. The van der Waals surface area contributed by atoms with Crippen LogP contribution in [0.25, 0.3) is 0 Å². The molecule has 0 aromatic heterocycles. The smallest absolute Gasteiger partial charge is 0.253 e. The van der Waals surface area contributed by atoms with Gasteiger partial charge in [-0.1, -0.05) is 6.92 Å². The molecule has 28 heavy (non-hydrogen) atoms. The summed E-state index contributed by atoms with van der Waals surface area (Å²) in [5.41, 5.74) is 2.06. The van der Waals surface area contributed by atoms with E-state index in [2.05, 4.69) is 22.5 Å². The summed E-state index contributed by atoms with van der Waals surface area (Å²) >= 11 is 5.86. The highest BCUT2D eigenvalue weighted by molar-refractivity contribution is 6.32. The van der Waals surface area contributed by atoms with Crippen molar-refractivity contribution in [2.24, 2.45) is 5.92 Å². The number of alkyl halides is 1. The number of carbonyl (C=O) groups excluding carboxylic acids is 2. The molecule has 2 aliphatic heterocycles. The molecule has 2 N–H and O–H groups in total. The molecule has 2 aliphatic rings. The van der Waals surface area contributed by atoms with Gasteiger partial charge in [-0.25, -0.2) is 0 Å². The van der Waals surface area contributed by atoms with Crippen molar-refractivity contribution in [2.45, 2.75) is 51.0 Å². The number of rotatable bonds is 6. The fourth-order valence-corrected chi connectivity index (χ4v) is 3.72. The highest BCUT2D eigenvalue weighted by atomic mass is 35.5. The van der Waals surface area contributed by atoms with Crippen LogP contribution < -0.4 is 15.5 Å². The molecule has 3 rings (SSSR count). The first kappa shape index (κ1) is 20.9. The van der Waals surface area contributed by atoms with E-state index in [-0.39, 0.29) is 17.9 Å². The lowest BCUT2D eigenvalue weighted by Gasteiger charge is -2.33. The van der Waals surface area contributed by atoms with Gasteiger partial charge in [0.05, 0.1) is 11.7 Å². The number of ether oxygens (including phenoxy) is 1. The van der Waals surface area contributed by atoms with Crippen LogP contribution in [0, 0.1) is 5.92 Å². The van der Waals surface area contributed by atoms with Gasteiger partial charge in [0, 0.05) is 37.6 Å². The molecule has 6 nitrogen and oxygen atoms in total. The second-order valence-electron chi connectivity index (χ2n) is 7.85. The summed E-state index contributed by atoms with van der Waals surface area (Å²) in [6, 6.07) is 5.50. The largest absolute Gasteiger partial charge is 0.376 e. The summed E-state index contributed by atoms with van der Waals surface area (Å²) < 4.78 is 5.60. The van der Waals surface area contributed by atoms with Gasteiger partial charge in [-0.15, -0.1) is 11.6 Å². The van der Waals surface area contributed by atoms with E-state index in [1.807, 2.05) is 12.1 Å². The van der Waals surface area contributed by atoms with Crippen molar-refractivity contribution in [3.05, 3.63) is 23.8 Å². The number of piperidine rings is 1. The van der Waals surface area contributed by atoms with Crippen molar-refractivity contribution in [1.82, 2.24) is 5.32 Å². The van der Waals surface area contributed by atoms with E-state index in [9.17, 15) is 9.59 Å². The van der Waals surface area contributed by atoms with Gasteiger partial charge in [0.25, 0.3) is 5.91 Å². The Morgan fingerprint density at radius 3 is 2.68 bits per heavy atom. The molecule has 2 atom stereocenters. The number of hydrogen-bond acceptors (Lipinski definition) is 4. The number of nitrogens with zero attached hydrogens (tertiary/aromatic N) is 1. The Morgan fingerprint density at radius 1 is 1.29 bits per heavy atom. The topological polar surface area (TPSA) is 70.7 Å². The maximum Gasteiger partial charge on any atom is 0.253 e. The summed E-state index contributed by atoms with van der Waals surface area (Å²) in [7, 11) is 0. The van der Waals surface area contributed by atoms with Crippen molar-refractivity contribution in [2.75, 3.05) is 36.5 Å². The minimum atomic E-state index is -0.639. The molecular formula is C21H30ClN3O3. The Kier molecular flexibility index (Phi) is 7.18. The SMILES string of the molecule is CC1CCN(c2ccc(NC(=O)[C@@H](C)Cl)cc2C(=O)NC[C@H]2CCCO2)CC1. The zero-order chi connectivity index (χ0) is 20.1. The number of hydrogen-bond donors (Lipinski definition) is 2. The van der Waals surface area contributed by atoms with Crippen molar-refractivity contribution in [3.63, 3.8) is 0 Å². The molecule has 2 saturated heterocycles. The fourth-order valence-electron chi connectivity index (χ4n) is 3.67. The average Bonchev–Trinajstić information content (AvgIpc) is 3.20. The normalized spacial score (nSPS) is 21.4. The molecule has 1 aromatic rings. The minimum absolute atomic E-state index is 0.0863. The van der Waals surface area contributed by atoms with Crippen LogP contribution in [0.4, 0.5) is 11.4 Å². The van der Waals surface area contributed by atoms with E-state index in [0.717, 1.165) is 51.1 Å². The predicted molar refractivity (Wildman–Crippen MR) is 112 cm³/mol. The highest BCUT2D eigenvalue weighted by Crippen LogP contribution is 2.29. The zero-order valence-corrected chi connectivity index (χ0v) is 17.4. The van der Waals surface area contributed by atoms with Gasteiger partial charge in [-0.3, -0.25) is 9.59 Å². The predicted octanol–water partition coefficient (Wildman–Crippen LogP) is 3.40. The average molecular weight is 408 g/mol. The number of carbonyl (C=O) groups is 2. The molecule has 2 fully saturated rings. The van der Waals surface area contributed by atoms with Crippen LogP contribution in [0.3, 0.4) is 0 Å². The number of halogens is 1. The summed E-state index contributed by atoms with van der Waals surface area (Å²) in [5, 5.41) is 5.14. The van der Waals surface area contributed by atoms with E-state index >= 15 is 0 Å². The van der Waals surface area contributed by atoms with Gasteiger partial charge >= 0.3 is 0 Å². The summed E-state index contributed by atoms with van der Waals surface area (Å²) in [5.74, 6) is 0.280. The second-order valence-corrected chi connectivity index (χ2v) is 8.51. The molecule has 7 heteroatoms. The lowest BCUT2D eigenvalue weighted by Crippen LogP contribution is -2.36. The summed E-state index contributed by atoms with van der Waals surface area (Å²) in [6.45, 7) is 7.00. The third kappa shape index (κ3) is 5.39. The lowest BCUT2D eigenvalue weighted by atomic mass is 9.97. The van der Waals surface area contributed by atoms with Crippen LogP contribution in [-0.2, 0) is 9.53 Å². The van der Waals surface area contributed by atoms with Crippen LogP contribution in [0.5, 0.6) is 0 Å². The van der Waals surface area contributed by atoms with Gasteiger partial charge in [0.1, 0.15) is 5.38 Å². The van der Waals surface area contributed by atoms with E-state index in [1.165, 1.54) is 0 Å². The summed E-state index contributed by atoms with van der Waals surface area (Å²) in [4.78, 5) is 27.2. The maximum absolute atomic E-state index is 13.0. The Balaban J connectivity index is 1.78. The molecule has 0 bridgehead atoms. The van der Waals surface area contributed by atoms with Crippen LogP contribution in [0.1, 0.15) is 49.9 Å². The van der Waals surface area contributed by atoms with Gasteiger partial charge in [0.15, 0.2) is 0 Å². The molecule has 154 valence electrons. The van der Waals surface area contributed by atoms with E-state index < -0.39 is 5.38 Å². The first-order valence-corrected chi connectivity index (χ1v) is 10.6. The molecule has 0 aliphatic carbocycles. The van der Waals surface area contributed by atoms with Crippen molar-refractivity contribution in [3.8, 4) is 0 Å². The van der Waals surface area contributed by atoms with Crippen LogP contribution >= 0.6 is 11.6 Å². The van der Waals surface area contributed by atoms with E-state index in [1.54, 1.807) is 13.0 Å². The third-order valence-corrected chi connectivity index (χ3v) is 5.71. The first-order valence-electron chi connectivity index (χ1n) is 10.2. The molecule has 0 spiro atoms. The molecule has 2 heterocycles. The second kappa shape index (κ2) is 9.61. The number of nitrogens with one attached hydrogen (secondary N) is 2. The van der Waals surface area contributed by atoms with Crippen LogP contribution in [-0.4, -0.2) is 49.5 Å². The number of anilines is 2. The molecule has 0 saturated carbocycles. The molecule has 2 amide bonds. The zero-order valence-electron chi connectivity index (χ0n) is 16.7. The van der Waals surface area contributed by atoms with E-state index in [4.69, 9.17) is 16.3 Å². The van der Waals surface area contributed by atoms with Crippen molar-refractivity contribution >= 4 is 34.8 Å². The standard InChI is InChI=1S/C21H30ClN3O3/c1-14-7-9-25(10-8-14)19-6-5-16(24-20(26)15(2)22)12-18(19)21(27)23-13-17-4-3-11-28-17/h5-6,12,14-15,17H,3-4,7-11,13H2,1-2H3,(H,23,27)(H,24,26)/t15-,17-/m1/s1. The van der Waals surface area contributed by atoms with Gasteiger partial charge in [-0.05, 0) is 56.7 Å². The van der Waals surface area contributed by atoms with Crippen molar-refractivity contribution in [1.29, 1.82) is 0 Å². The Morgan fingerprint density at radius 2 is 2.04 bits per heavy atom. The van der Waals surface area contributed by atoms with Gasteiger partial charge in [-0.2, -0.15) is 0 Å². The van der Waals surface area contributed by atoms with Crippen molar-refractivity contribution < 1.29 is 14.3 Å². The quantitative estimate of drug-likeness (QED) is 0.709. The van der Waals surface area contributed by atoms with Gasteiger partial charge in [0.2, 0.25) is 5.91 Å². The van der Waals surface area contributed by atoms with Crippen LogP contribution in [0.15, 0.2) is 18.2 Å². The number of benzene rings is 1. The minimum Gasteiger partial charge on any atom is -0.376 e. The van der Waals surface area contributed by atoms with Gasteiger partial charge < -0.3 is 20.3 Å². The van der Waals surface area contributed by atoms with E-state index in [0.29, 0.717) is 23.7 Å². The fraction of sp³-hybridized carbons (Fsp3) is 0.619. The monoisotopic (exact) mass is 407 g/mol. The molecule has 0 unspecified atom stereocenters.